The fourth-order valence-corrected chi connectivity index (χ4v) is 2.79. The summed E-state index contributed by atoms with van der Waals surface area (Å²) >= 11 is 5.90. The number of hydrogen-bond donors (Lipinski definition) is 1. The van der Waals surface area contributed by atoms with Crippen molar-refractivity contribution >= 4 is 34.8 Å². The van der Waals surface area contributed by atoms with Gasteiger partial charge in [0.2, 0.25) is 0 Å². The standard InChI is InChI=1S/C21H15ClN2/c22-18-10-6-15(7-11-18)8-13-21-23-19-12-9-17(14-20(19)24-21)16-4-2-1-3-5-16/h1-14H,(H,23,24). The van der Waals surface area contributed by atoms with Gasteiger partial charge >= 0.3 is 0 Å². The third-order valence-electron chi connectivity index (χ3n) is 3.91. The number of nitrogens with one attached hydrogen (secondary N) is 1. The number of halogens is 1. The van der Waals surface area contributed by atoms with E-state index in [1.165, 1.54) is 11.1 Å². The van der Waals surface area contributed by atoms with Crippen molar-refractivity contribution in [2.24, 2.45) is 0 Å². The SMILES string of the molecule is Clc1ccc(C=Cc2nc3cc(-c4ccccc4)ccc3[nH]2)cc1. The topological polar surface area (TPSA) is 28.7 Å². The summed E-state index contributed by atoms with van der Waals surface area (Å²) in [5.74, 6) is 0.838. The molecule has 1 N–H and O–H groups in total. The van der Waals surface area contributed by atoms with Gasteiger partial charge in [0.15, 0.2) is 0 Å². The molecule has 0 fully saturated rings. The Labute approximate surface area is 145 Å². The number of H-pyrrole nitrogens is 1. The zero-order valence-electron chi connectivity index (χ0n) is 12.9. The predicted octanol–water partition coefficient (Wildman–Crippen LogP) is 6.05. The molecule has 116 valence electrons. The molecule has 0 atom stereocenters. The van der Waals surface area contributed by atoms with Crippen molar-refractivity contribution in [2.75, 3.05) is 0 Å². The second kappa shape index (κ2) is 6.34. The van der Waals surface area contributed by atoms with Crippen molar-refractivity contribution in [1.82, 2.24) is 9.97 Å². The molecule has 2 nitrogen and oxygen atoms in total. The van der Waals surface area contributed by atoms with E-state index in [0.717, 1.165) is 27.4 Å². The number of nitrogens with zero attached hydrogens (tertiary/aromatic N) is 1. The zero-order valence-corrected chi connectivity index (χ0v) is 13.7. The van der Waals surface area contributed by atoms with Crippen LogP contribution in [0, 0.1) is 0 Å². The van der Waals surface area contributed by atoms with Crippen LogP contribution in [0.5, 0.6) is 0 Å². The summed E-state index contributed by atoms with van der Waals surface area (Å²) in [5.41, 5.74) is 5.45. The number of aromatic amines is 1. The Morgan fingerprint density at radius 1 is 0.792 bits per heavy atom. The molecule has 0 saturated carbocycles. The molecule has 0 aliphatic carbocycles. The number of fused-ring (bicyclic) bond motifs is 1. The Hall–Kier alpha value is -2.84. The van der Waals surface area contributed by atoms with E-state index in [0.29, 0.717) is 0 Å². The minimum absolute atomic E-state index is 0.740. The first-order valence-electron chi connectivity index (χ1n) is 7.77. The zero-order chi connectivity index (χ0) is 16.4. The number of imidazole rings is 1. The van der Waals surface area contributed by atoms with Gasteiger partial charge in [-0.2, -0.15) is 0 Å². The predicted molar refractivity (Wildman–Crippen MR) is 102 cm³/mol. The Balaban J connectivity index is 1.64. The van der Waals surface area contributed by atoms with E-state index >= 15 is 0 Å². The van der Waals surface area contributed by atoms with E-state index < -0.39 is 0 Å². The Morgan fingerprint density at radius 3 is 2.38 bits per heavy atom. The van der Waals surface area contributed by atoms with Crippen LogP contribution in [0.4, 0.5) is 0 Å². The summed E-state index contributed by atoms with van der Waals surface area (Å²) in [6.45, 7) is 0. The van der Waals surface area contributed by atoms with Gasteiger partial charge < -0.3 is 4.98 Å². The van der Waals surface area contributed by atoms with Crippen LogP contribution in [0.25, 0.3) is 34.3 Å². The highest BCUT2D eigenvalue weighted by atomic mass is 35.5. The van der Waals surface area contributed by atoms with Crippen molar-refractivity contribution in [3.8, 4) is 11.1 Å². The van der Waals surface area contributed by atoms with Gasteiger partial charge in [0.1, 0.15) is 5.82 Å². The van der Waals surface area contributed by atoms with Crippen LogP contribution < -0.4 is 0 Å². The summed E-state index contributed by atoms with van der Waals surface area (Å²) in [6.07, 6.45) is 4.00. The van der Waals surface area contributed by atoms with Crippen LogP contribution in [0.3, 0.4) is 0 Å². The maximum absolute atomic E-state index is 5.90. The average Bonchev–Trinajstić information content (AvgIpc) is 3.04. The highest BCUT2D eigenvalue weighted by Crippen LogP contribution is 2.23. The van der Waals surface area contributed by atoms with E-state index in [-0.39, 0.29) is 0 Å². The van der Waals surface area contributed by atoms with Gasteiger partial charge in [-0.05, 0) is 47.0 Å². The maximum Gasteiger partial charge on any atom is 0.131 e. The summed E-state index contributed by atoms with van der Waals surface area (Å²) in [6, 6.07) is 24.4. The van der Waals surface area contributed by atoms with Crippen molar-refractivity contribution in [2.45, 2.75) is 0 Å². The Bertz CT molecular complexity index is 999. The highest BCUT2D eigenvalue weighted by Gasteiger charge is 2.03. The van der Waals surface area contributed by atoms with Gasteiger partial charge in [-0.1, -0.05) is 66.2 Å². The van der Waals surface area contributed by atoms with Crippen molar-refractivity contribution in [3.63, 3.8) is 0 Å². The molecule has 1 aromatic heterocycles. The summed E-state index contributed by atoms with van der Waals surface area (Å²) < 4.78 is 0. The molecule has 0 spiro atoms. The van der Waals surface area contributed by atoms with Crippen molar-refractivity contribution < 1.29 is 0 Å². The van der Waals surface area contributed by atoms with E-state index in [4.69, 9.17) is 11.6 Å². The van der Waals surface area contributed by atoms with Crippen LogP contribution in [0.2, 0.25) is 5.02 Å². The molecule has 0 radical (unpaired) electrons. The Kier molecular flexibility index (Phi) is 3.89. The monoisotopic (exact) mass is 330 g/mol. The Morgan fingerprint density at radius 2 is 1.58 bits per heavy atom. The average molecular weight is 331 g/mol. The van der Waals surface area contributed by atoms with Crippen LogP contribution in [-0.2, 0) is 0 Å². The molecule has 0 saturated heterocycles. The molecule has 1 heterocycles. The van der Waals surface area contributed by atoms with Crippen LogP contribution in [-0.4, -0.2) is 9.97 Å². The molecule has 24 heavy (non-hydrogen) atoms. The molecule has 3 aromatic carbocycles. The second-order valence-corrected chi connectivity index (χ2v) is 6.04. The molecular formula is C21H15ClN2. The number of hydrogen-bond acceptors (Lipinski definition) is 1. The molecular weight excluding hydrogens is 316 g/mol. The maximum atomic E-state index is 5.90. The molecule has 0 amide bonds. The largest absolute Gasteiger partial charge is 0.338 e. The van der Waals surface area contributed by atoms with Crippen LogP contribution in [0.15, 0.2) is 72.8 Å². The molecule has 0 unspecified atom stereocenters. The van der Waals surface area contributed by atoms with E-state index in [9.17, 15) is 0 Å². The molecule has 4 rings (SSSR count). The first-order valence-corrected chi connectivity index (χ1v) is 8.14. The van der Waals surface area contributed by atoms with Gasteiger partial charge in [0.25, 0.3) is 0 Å². The minimum atomic E-state index is 0.740. The van der Waals surface area contributed by atoms with Gasteiger partial charge in [-0.15, -0.1) is 0 Å². The summed E-state index contributed by atoms with van der Waals surface area (Å²) in [5, 5.41) is 0.740. The fraction of sp³-hybridized carbons (Fsp3) is 0. The lowest BCUT2D eigenvalue weighted by Crippen LogP contribution is -1.77. The molecule has 0 aliphatic rings. The van der Waals surface area contributed by atoms with Gasteiger partial charge in [-0.25, -0.2) is 4.98 Å². The minimum Gasteiger partial charge on any atom is -0.338 e. The molecule has 0 bridgehead atoms. The van der Waals surface area contributed by atoms with E-state index in [2.05, 4.69) is 40.3 Å². The fourth-order valence-electron chi connectivity index (χ4n) is 2.66. The normalized spacial score (nSPS) is 11.4. The first kappa shape index (κ1) is 14.7. The van der Waals surface area contributed by atoms with Gasteiger partial charge in [-0.3, -0.25) is 0 Å². The summed E-state index contributed by atoms with van der Waals surface area (Å²) in [7, 11) is 0. The lowest BCUT2D eigenvalue weighted by molar-refractivity contribution is 1.29. The number of rotatable bonds is 3. The smallest absolute Gasteiger partial charge is 0.131 e. The first-order chi connectivity index (χ1) is 11.8. The molecule has 0 aliphatic heterocycles. The number of aromatic nitrogens is 2. The van der Waals surface area contributed by atoms with E-state index in [1.54, 1.807) is 0 Å². The molecule has 3 heteroatoms. The third kappa shape index (κ3) is 3.10. The highest BCUT2D eigenvalue weighted by molar-refractivity contribution is 6.30. The number of benzene rings is 3. The van der Waals surface area contributed by atoms with Gasteiger partial charge in [0.05, 0.1) is 11.0 Å². The third-order valence-corrected chi connectivity index (χ3v) is 4.16. The summed E-state index contributed by atoms with van der Waals surface area (Å²) in [4.78, 5) is 7.99. The van der Waals surface area contributed by atoms with Crippen molar-refractivity contribution in [1.29, 1.82) is 0 Å². The van der Waals surface area contributed by atoms with Crippen LogP contribution in [0.1, 0.15) is 11.4 Å². The lowest BCUT2D eigenvalue weighted by atomic mass is 10.1. The van der Waals surface area contributed by atoms with E-state index in [1.807, 2.05) is 54.6 Å². The van der Waals surface area contributed by atoms with Crippen LogP contribution >= 0.6 is 11.6 Å². The lowest BCUT2D eigenvalue weighted by Gasteiger charge is -2.00. The molecule has 4 aromatic rings. The van der Waals surface area contributed by atoms with Gasteiger partial charge in [0, 0.05) is 5.02 Å². The quantitative estimate of drug-likeness (QED) is 0.486. The second-order valence-electron chi connectivity index (χ2n) is 5.60. The van der Waals surface area contributed by atoms with Crippen molar-refractivity contribution in [3.05, 3.63) is 89.2 Å².